The van der Waals surface area contributed by atoms with Crippen LogP contribution in [0.5, 0.6) is 0 Å². The maximum Gasteiger partial charge on any atom is 0.132 e. The van der Waals surface area contributed by atoms with E-state index in [2.05, 4.69) is 15.3 Å². The topological polar surface area (TPSA) is 50.2 Å². The molecule has 2 aromatic heterocycles. The second kappa shape index (κ2) is 8.75. The number of hydrogen-bond donors (Lipinski definition) is 1. The molecular weight excluding hydrogens is 411 g/mol. The molecule has 0 spiro atoms. The average molecular weight is 435 g/mol. The zero-order chi connectivity index (χ0) is 21.2. The fraction of sp³-hybridized carbons (Fsp3) is 0.320. The molecule has 4 nitrogen and oxygen atoms in total. The van der Waals surface area contributed by atoms with E-state index in [-0.39, 0.29) is 5.82 Å². The number of hydrogen-bond acceptors (Lipinski definition) is 4. The summed E-state index contributed by atoms with van der Waals surface area (Å²) in [6.45, 7) is 1.47. The van der Waals surface area contributed by atoms with E-state index in [4.69, 9.17) is 16.6 Å². The Balaban J connectivity index is 1.41. The number of nitrogens with zero attached hydrogens (tertiary/aromatic N) is 3. The summed E-state index contributed by atoms with van der Waals surface area (Å²) < 4.78 is 14.4. The van der Waals surface area contributed by atoms with Crippen LogP contribution in [0.25, 0.3) is 16.6 Å². The summed E-state index contributed by atoms with van der Waals surface area (Å²) in [4.78, 5) is 13.9. The molecule has 1 aromatic carbocycles. The molecule has 2 aliphatic rings. The van der Waals surface area contributed by atoms with Gasteiger partial charge in [-0.25, -0.2) is 9.37 Å². The lowest BCUT2D eigenvalue weighted by molar-refractivity contribution is 0.373. The zero-order valence-corrected chi connectivity index (χ0v) is 18.0. The number of pyridine rings is 2. The summed E-state index contributed by atoms with van der Waals surface area (Å²) in [5.74, 6) is 0.395. The molecule has 1 saturated carbocycles. The highest BCUT2D eigenvalue weighted by Gasteiger charge is 2.21. The maximum absolute atomic E-state index is 14.4. The van der Waals surface area contributed by atoms with E-state index in [1.807, 2.05) is 30.5 Å². The maximum atomic E-state index is 14.4. The zero-order valence-electron chi connectivity index (χ0n) is 17.2. The Hall–Kier alpha value is -2.79. The van der Waals surface area contributed by atoms with E-state index < -0.39 is 0 Å². The van der Waals surface area contributed by atoms with Crippen LogP contribution in [0.3, 0.4) is 0 Å². The molecule has 5 rings (SSSR count). The van der Waals surface area contributed by atoms with Gasteiger partial charge in [-0.2, -0.15) is 0 Å². The number of aromatic nitrogens is 2. The van der Waals surface area contributed by atoms with E-state index in [9.17, 15) is 4.39 Å². The normalized spacial score (nSPS) is 17.0. The molecule has 31 heavy (non-hydrogen) atoms. The molecule has 1 aliphatic carbocycles. The van der Waals surface area contributed by atoms with Crippen LogP contribution in [-0.4, -0.2) is 28.8 Å². The molecule has 0 radical (unpaired) electrons. The third-order valence-electron chi connectivity index (χ3n) is 6.12. The van der Waals surface area contributed by atoms with E-state index in [0.29, 0.717) is 22.8 Å². The summed E-state index contributed by atoms with van der Waals surface area (Å²) in [5, 5.41) is 4.02. The molecule has 158 valence electrons. The molecule has 0 saturated heterocycles. The molecule has 0 atom stereocenters. The van der Waals surface area contributed by atoms with Crippen LogP contribution in [0.1, 0.15) is 43.4 Å². The second-order valence-corrected chi connectivity index (χ2v) is 8.71. The number of aliphatic imine (C=N–C) groups is 1. The van der Waals surface area contributed by atoms with Crippen LogP contribution < -0.4 is 5.32 Å². The number of benzene rings is 1. The Bertz CT molecular complexity index is 1180. The molecule has 1 fully saturated rings. The Morgan fingerprint density at radius 2 is 1.90 bits per heavy atom. The first kappa shape index (κ1) is 20.1. The molecule has 6 heteroatoms. The third kappa shape index (κ3) is 4.33. The van der Waals surface area contributed by atoms with Crippen molar-refractivity contribution >= 4 is 39.6 Å². The van der Waals surface area contributed by atoms with Crippen molar-refractivity contribution in [3.63, 3.8) is 0 Å². The molecule has 1 N–H and O–H groups in total. The van der Waals surface area contributed by atoms with Crippen molar-refractivity contribution in [2.24, 2.45) is 10.9 Å². The Labute approximate surface area is 186 Å². The lowest BCUT2D eigenvalue weighted by Gasteiger charge is -2.22. The summed E-state index contributed by atoms with van der Waals surface area (Å²) in [6.07, 6.45) is 10.5. The van der Waals surface area contributed by atoms with E-state index in [0.717, 1.165) is 40.5 Å². The number of halogens is 2. The second-order valence-electron chi connectivity index (χ2n) is 8.27. The van der Waals surface area contributed by atoms with Gasteiger partial charge in [0.15, 0.2) is 0 Å². The molecule has 0 unspecified atom stereocenters. The molecule has 0 bridgehead atoms. The minimum Gasteiger partial charge on any atom is -0.383 e. The number of rotatable bonds is 5. The standard InChI is InChI=1S/C25H24ClFN4/c26-17-6-7-21(27)20(12-17)25-19(10-11-28-25)22-8-9-23-24(31-22)13-18(15-30-23)29-14-16-4-2-1-3-5-16/h6-10,12-13,15-16,29H,1-5,11,14H2. The fourth-order valence-corrected chi connectivity index (χ4v) is 4.62. The van der Waals surface area contributed by atoms with Gasteiger partial charge in [0, 0.05) is 22.7 Å². The van der Waals surface area contributed by atoms with E-state index >= 15 is 0 Å². The molecule has 3 heterocycles. The Morgan fingerprint density at radius 3 is 2.77 bits per heavy atom. The highest BCUT2D eigenvalue weighted by molar-refractivity contribution is 6.35. The van der Waals surface area contributed by atoms with Gasteiger partial charge >= 0.3 is 0 Å². The van der Waals surface area contributed by atoms with Gasteiger partial charge in [-0.15, -0.1) is 0 Å². The van der Waals surface area contributed by atoms with Crippen molar-refractivity contribution < 1.29 is 4.39 Å². The Morgan fingerprint density at radius 1 is 1.03 bits per heavy atom. The molecule has 3 aromatic rings. The minimum absolute atomic E-state index is 0.340. The predicted octanol–water partition coefficient (Wildman–Crippen LogP) is 6.30. The van der Waals surface area contributed by atoms with Crippen LogP contribution in [0.15, 0.2) is 53.7 Å². The number of fused-ring (bicyclic) bond motifs is 1. The number of allylic oxidation sites excluding steroid dienone is 1. The van der Waals surface area contributed by atoms with Gasteiger partial charge in [0.25, 0.3) is 0 Å². The van der Waals surface area contributed by atoms with Gasteiger partial charge < -0.3 is 5.32 Å². The summed E-state index contributed by atoms with van der Waals surface area (Å²) in [7, 11) is 0. The van der Waals surface area contributed by atoms with Gasteiger partial charge in [0.1, 0.15) is 5.82 Å². The van der Waals surface area contributed by atoms with Gasteiger partial charge in [-0.1, -0.05) is 36.9 Å². The highest BCUT2D eigenvalue weighted by atomic mass is 35.5. The van der Waals surface area contributed by atoms with E-state index in [1.54, 1.807) is 12.1 Å². The van der Waals surface area contributed by atoms with Gasteiger partial charge in [-0.05, 0) is 55.2 Å². The molecular formula is C25H24ClFN4. The van der Waals surface area contributed by atoms with Crippen molar-refractivity contribution in [1.82, 2.24) is 9.97 Å². The van der Waals surface area contributed by atoms with Crippen LogP contribution in [-0.2, 0) is 0 Å². The third-order valence-corrected chi connectivity index (χ3v) is 6.35. The van der Waals surface area contributed by atoms with Crippen molar-refractivity contribution in [3.05, 3.63) is 70.8 Å². The smallest absolute Gasteiger partial charge is 0.132 e. The van der Waals surface area contributed by atoms with Crippen molar-refractivity contribution in [2.75, 3.05) is 18.4 Å². The van der Waals surface area contributed by atoms with Gasteiger partial charge in [0.05, 0.1) is 40.9 Å². The van der Waals surface area contributed by atoms with Crippen molar-refractivity contribution in [3.8, 4) is 0 Å². The monoisotopic (exact) mass is 434 g/mol. The number of anilines is 1. The molecule has 0 amide bonds. The van der Waals surface area contributed by atoms with Gasteiger partial charge in [-0.3, -0.25) is 9.98 Å². The lowest BCUT2D eigenvalue weighted by Crippen LogP contribution is -2.17. The van der Waals surface area contributed by atoms with E-state index in [1.165, 1.54) is 38.2 Å². The summed E-state index contributed by atoms with van der Waals surface area (Å²) in [6, 6.07) is 10.4. The molecule has 1 aliphatic heterocycles. The minimum atomic E-state index is -0.340. The summed E-state index contributed by atoms with van der Waals surface area (Å²) in [5.41, 5.74) is 5.20. The Kier molecular flexibility index (Phi) is 5.68. The van der Waals surface area contributed by atoms with Crippen LogP contribution in [0.4, 0.5) is 10.1 Å². The fourth-order valence-electron chi connectivity index (χ4n) is 4.45. The van der Waals surface area contributed by atoms with Crippen LogP contribution >= 0.6 is 11.6 Å². The SMILES string of the molecule is Fc1ccc(Cl)cc1C1=NCC=C1c1ccc2ncc(NCC3CCCCC3)cc2n1. The van der Waals surface area contributed by atoms with Crippen molar-refractivity contribution in [1.29, 1.82) is 0 Å². The first-order valence-corrected chi connectivity index (χ1v) is 11.3. The summed E-state index contributed by atoms with van der Waals surface area (Å²) >= 11 is 6.10. The lowest BCUT2D eigenvalue weighted by atomic mass is 9.89. The first-order valence-electron chi connectivity index (χ1n) is 10.9. The van der Waals surface area contributed by atoms with Crippen LogP contribution in [0, 0.1) is 11.7 Å². The average Bonchev–Trinajstić information content (AvgIpc) is 3.29. The number of nitrogens with one attached hydrogen (secondary N) is 1. The first-order chi connectivity index (χ1) is 15.2. The highest BCUT2D eigenvalue weighted by Crippen LogP contribution is 2.28. The van der Waals surface area contributed by atoms with Gasteiger partial charge in [0.2, 0.25) is 0 Å². The van der Waals surface area contributed by atoms with Crippen LogP contribution in [0.2, 0.25) is 5.02 Å². The predicted molar refractivity (Wildman–Crippen MR) is 125 cm³/mol. The largest absolute Gasteiger partial charge is 0.383 e. The van der Waals surface area contributed by atoms with Crippen molar-refractivity contribution in [2.45, 2.75) is 32.1 Å². The quantitative estimate of drug-likeness (QED) is 0.512.